The van der Waals surface area contributed by atoms with Gasteiger partial charge < -0.3 is 25.4 Å². The number of fused-ring (bicyclic) bond motifs is 5. The van der Waals surface area contributed by atoms with E-state index in [1.54, 1.807) is 11.3 Å². The van der Waals surface area contributed by atoms with Gasteiger partial charge in [-0.05, 0) is 95.7 Å². The van der Waals surface area contributed by atoms with Gasteiger partial charge in [-0.1, -0.05) is 5.16 Å². The maximum atomic E-state index is 12.2. The molecule has 3 aliphatic heterocycles. The molecular weight excluding hydrogens is 625 g/mol. The minimum Gasteiger partial charge on any atom is -0.389 e. The van der Waals surface area contributed by atoms with Gasteiger partial charge in [-0.2, -0.15) is 10.4 Å². The number of aryl methyl sites for hydroxylation is 1. The van der Waals surface area contributed by atoms with Gasteiger partial charge in [-0.15, -0.1) is 11.3 Å². The molecule has 3 N–H and O–H groups in total. The van der Waals surface area contributed by atoms with Crippen molar-refractivity contribution in [2.45, 2.75) is 95.1 Å². The number of likely N-dealkylation sites (tertiary alicyclic amines) is 1. The predicted octanol–water partition coefficient (Wildman–Crippen LogP) is 4.72. The highest BCUT2D eigenvalue weighted by Crippen LogP contribution is 2.55. The normalized spacial score (nSPS) is 25.8. The minimum atomic E-state index is -0.407. The number of amides is 1. The number of anilines is 2. The summed E-state index contributed by atoms with van der Waals surface area (Å²) in [5.41, 5.74) is 10.3. The van der Waals surface area contributed by atoms with Gasteiger partial charge in [0.2, 0.25) is 5.91 Å². The molecule has 3 unspecified atom stereocenters. The van der Waals surface area contributed by atoms with Crippen molar-refractivity contribution < 1.29 is 9.32 Å². The number of carbonyl (C=O) groups is 1. The van der Waals surface area contributed by atoms with Crippen LogP contribution >= 0.6 is 11.3 Å². The van der Waals surface area contributed by atoms with Crippen LogP contribution in [0.1, 0.15) is 98.1 Å². The minimum absolute atomic E-state index is 0.0278. The SMILES string of the molecule is CC(C1CCCN1C)n1ncc2c(N3CCC4(CC3)CNC(=O)C4)nc(-c3noc4c3CCCC43CCCc4sc(N)c(C#N)c43)nc21. The Kier molecular flexibility index (Phi) is 6.89. The Morgan fingerprint density at radius 3 is 2.69 bits per heavy atom. The van der Waals surface area contributed by atoms with E-state index in [1.807, 2.05) is 6.20 Å². The average Bonchev–Trinajstić information content (AvgIpc) is 3.92. The second-order valence-electron chi connectivity index (χ2n) is 14.9. The van der Waals surface area contributed by atoms with Crippen molar-refractivity contribution in [3.8, 4) is 17.6 Å². The molecule has 0 radical (unpaired) electrons. The van der Waals surface area contributed by atoms with Gasteiger partial charge in [-0.3, -0.25) is 4.79 Å². The van der Waals surface area contributed by atoms with Gasteiger partial charge in [0, 0.05) is 42.5 Å². The van der Waals surface area contributed by atoms with E-state index in [9.17, 15) is 10.1 Å². The van der Waals surface area contributed by atoms with E-state index in [-0.39, 0.29) is 17.4 Å². The summed E-state index contributed by atoms with van der Waals surface area (Å²) in [5, 5.41) is 24.5. The zero-order valence-electron chi connectivity index (χ0n) is 27.7. The Morgan fingerprint density at radius 2 is 1.96 bits per heavy atom. The smallest absolute Gasteiger partial charge is 0.220 e. The monoisotopic (exact) mass is 666 g/mol. The summed E-state index contributed by atoms with van der Waals surface area (Å²) in [6.45, 7) is 5.71. The molecule has 0 bridgehead atoms. The summed E-state index contributed by atoms with van der Waals surface area (Å²) in [7, 11) is 2.20. The highest BCUT2D eigenvalue weighted by atomic mass is 32.1. The van der Waals surface area contributed by atoms with Crippen LogP contribution in [-0.4, -0.2) is 75.0 Å². The second-order valence-corrected chi connectivity index (χ2v) is 16.1. The van der Waals surface area contributed by atoms with Crippen LogP contribution in [0.15, 0.2) is 10.7 Å². The van der Waals surface area contributed by atoms with E-state index in [0.29, 0.717) is 34.5 Å². The Bertz CT molecular complexity index is 1980. The van der Waals surface area contributed by atoms with Gasteiger partial charge in [-0.25, -0.2) is 14.6 Å². The molecular formula is C35H42N10O2S. The van der Waals surface area contributed by atoms with Crippen LogP contribution in [0.5, 0.6) is 0 Å². The molecule has 3 atom stereocenters. The summed E-state index contributed by atoms with van der Waals surface area (Å²) in [6.07, 6.45) is 12.3. The zero-order valence-corrected chi connectivity index (χ0v) is 28.5. The third kappa shape index (κ3) is 4.37. The van der Waals surface area contributed by atoms with Crippen molar-refractivity contribution in [2.24, 2.45) is 5.41 Å². The van der Waals surface area contributed by atoms with Crippen molar-refractivity contribution in [3.63, 3.8) is 0 Å². The van der Waals surface area contributed by atoms with E-state index in [2.05, 4.69) is 39.8 Å². The molecule has 250 valence electrons. The molecule has 4 aromatic rings. The number of aromatic nitrogens is 5. The summed E-state index contributed by atoms with van der Waals surface area (Å²) in [4.78, 5) is 28.7. The molecule has 3 saturated heterocycles. The zero-order chi connectivity index (χ0) is 32.8. The first kappa shape index (κ1) is 30.1. The predicted molar refractivity (Wildman–Crippen MR) is 183 cm³/mol. The molecule has 9 rings (SSSR count). The Morgan fingerprint density at radius 1 is 1.15 bits per heavy atom. The number of nitriles is 1. The number of likely N-dealkylation sites (N-methyl/N-ethyl adjacent to an activating group) is 1. The lowest BCUT2D eigenvalue weighted by atomic mass is 9.63. The standard InChI is InChI=1S/C35H42N10O2S/c1-20(24-7-5-13-43(24)2)45-33-23(18-39-45)32(44-14-11-34(12-15-44)16-26(46)38-19-34)40-31(41-33)28-21-6-3-9-35(29(21)47-42-28)10-4-8-25-27(35)22(17-36)30(37)48-25/h18,20,24H,3-16,19,37H2,1-2H3,(H,38,46). The lowest BCUT2D eigenvalue weighted by molar-refractivity contribution is -0.119. The first-order valence-corrected chi connectivity index (χ1v) is 18.4. The summed E-state index contributed by atoms with van der Waals surface area (Å²) in [5.74, 6) is 2.46. The van der Waals surface area contributed by atoms with Crippen molar-refractivity contribution >= 4 is 39.1 Å². The molecule has 1 amide bonds. The van der Waals surface area contributed by atoms with E-state index in [1.165, 1.54) is 11.3 Å². The first-order valence-electron chi connectivity index (χ1n) is 17.6. The van der Waals surface area contributed by atoms with Crippen LogP contribution in [0.4, 0.5) is 10.8 Å². The van der Waals surface area contributed by atoms with Crippen LogP contribution in [0.25, 0.3) is 22.6 Å². The Balaban J connectivity index is 1.17. The fourth-order valence-corrected chi connectivity index (χ4v) is 10.9. The quantitative estimate of drug-likeness (QED) is 0.313. The molecule has 48 heavy (non-hydrogen) atoms. The molecule has 3 fully saturated rings. The third-order valence-electron chi connectivity index (χ3n) is 12.3. The van der Waals surface area contributed by atoms with Crippen molar-refractivity contribution in [1.82, 2.24) is 35.1 Å². The van der Waals surface area contributed by atoms with Crippen molar-refractivity contribution in [2.75, 3.05) is 43.9 Å². The van der Waals surface area contributed by atoms with Crippen LogP contribution in [0, 0.1) is 16.7 Å². The second kappa shape index (κ2) is 11.0. The number of hydrogen-bond acceptors (Lipinski definition) is 11. The first-order chi connectivity index (χ1) is 23.3. The van der Waals surface area contributed by atoms with Crippen LogP contribution in [0.2, 0.25) is 0 Å². The number of nitrogen functional groups attached to an aromatic ring is 1. The lowest BCUT2D eigenvalue weighted by Gasteiger charge is -2.39. The number of carbonyl (C=O) groups excluding carboxylic acids is 1. The van der Waals surface area contributed by atoms with Gasteiger partial charge in [0.1, 0.15) is 16.9 Å². The number of thiophene rings is 1. The molecule has 2 spiro atoms. The molecule has 13 heteroatoms. The molecule has 5 aliphatic rings. The van der Waals surface area contributed by atoms with Crippen LogP contribution in [0.3, 0.4) is 0 Å². The van der Waals surface area contributed by atoms with Gasteiger partial charge in [0.15, 0.2) is 22.9 Å². The maximum absolute atomic E-state index is 12.2. The van der Waals surface area contributed by atoms with Gasteiger partial charge in [0.05, 0.1) is 28.6 Å². The third-order valence-corrected chi connectivity index (χ3v) is 13.4. The Labute approximate surface area is 283 Å². The van der Waals surface area contributed by atoms with E-state index >= 15 is 0 Å². The average molecular weight is 667 g/mol. The number of piperidine rings is 1. The highest BCUT2D eigenvalue weighted by molar-refractivity contribution is 7.16. The van der Waals surface area contributed by atoms with E-state index < -0.39 is 5.41 Å². The Hall–Kier alpha value is -4.02. The van der Waals surface area contributed by atoms with Gasteiger partial charge in [0.25, 0.3) is 0 Å². The molecule has 0 aromatic carbocycles. The lowest BCUT2D eigenvalue weighted by Crippen LogP contribution is -2.41. The number of nitrogens with zero attached hydrogens (tertiary/aromatic N) is 8. The molecule has 7 heterocycles. The van der Waals surface area contributed by atoms with Crippen LogP contribution in [-0.2, 0) is 23.1 Å². The summed E-state index contributed by atoms with van der Waals surface area (Å²) < 4.78 is 8.46. The fourth-order valence-electron chi connectivity index (χ4n) is 9.78. The maximum Gasteiger partial charge on any atom is 0.220 e. The molecule has 2 aliphatic carbocycles. The van der Waals surface area contributed by atoms with Crippen molar-refractivity contribution in [3.05, 3.63) is 33.5 Å². The molecule has 0 saturated carbocycles. The molecule has 12 nitrogen and oxygen atoms in total. The number of nitrogens with one attached hydrogen (secondary N) is 1. The number of rotatable bonds is 4. The molecule has 4 aromatic heterocycles. The fraction of sp³-hybridized carbons (Fsp3) is 0.600. The van der Waals surface area contributed by atoms with Gasteiger partial charge >= 0.3 is 0 Å². The van der Waals surface area contributed by atoms with Crippen LogP contribution < -0.4 is 16.0 Å². The largest absolute Gasteiger partial charge is 0.389 e. The van der Waals surface area contributed by atoms with E-state index in [0.717, 1.165) is 118 Å². The summed E-state index contributed by atoms with van der Waals surface area (Å²) in [6, 6.07) is 2.94. The number of nitrogens with two attached hydrogens (primary N) is 1. The van der Waals surface area contributed by atoms with E-state index in [4.69, 9.17) is 30.5 Å². The topological polar surface area (TPSA) is 155 Å². The summed E-state index contributed by atoms with van der Waals surface area (Å²) >= 11 is 1.56. The number of hydrogen-bond donors (Lipinski definition) is 2. The van der Waals surface area contributed by atoms with Crippen molar-refractivity contribution in [1.29, 1.82) is 5.26 Å². The highest BCUT2D eigenvalue weighted by Gasteiger charge is 2.49.